The molecular formula is C40H45ClN4O6. The second-order valence-corrected chi connectivity index (χ2v) is 13.8. The minimum Gasteiger partial charge on any atom is -0.397 e. The van der Waals surface area contributed by atoms with Crippen LogP contribution in [0, 0.1) is 0 Å². The molecule has 6 rings (SSSR count). The number of carbonyl (C=O) groups is 2. The van der Waals surface area contributed by atoms with E-state index in [0.29, 0.717) is 54.3 Å². The molecule has 2 aliphatic rings. The number of para-hydroxylation sites is 2. The maximum absolute atomic E-state index is 12.7. The zero-order valence-electron chi connectivity index (χ0n) is 28.5. The molecule has 0 bridgehead atoms. The Hall–Kier alpha value is -4.29. The van der Waals surface area contributed by atoms with Crippen LogP contribution in [0.4, 0.5) is 17.1 Å². The molecule has 51 heavy (non-hydrogen) atoms. The number of benzene rings is 4. The summed E-state index contributed by atoms with van der Waals surface area (Å²) in [5.41, 5.74) is 10.2. The van der Waals surface area contributed by atoms with E-state index in [9.17, 15) is 19.8 Å². The highest BCUT2D eigenvalue weighted by Crippen LogP contribution is 2.40. The van der Waals surface area contributed by atoms with E-state index in [4.69, 9.17) is 26.8 Å². The molecule has 0 aromatic heterocycles. The molecule has 10 nitrogen and oxygen atoms in total. The van der Waals surface area contributed by atoms with Crippen LogP contribution >= 0.6 is 11.6 Å². The lowest BCUT2D eigenvalue weighted by atomic mass is 9.84. The molecule has 2 saturated heterocycles. The molecule has 2 aliphatic heterocycles. The molecule has 0 aliphatic carbocycles. The first-order chi connectivity index (χ1) is 24.7. The van der Waals surface area contributed by atoms with E-state index in [1.807, 2.05) is 72.8 Å². The maximum Gasteiger partial charge on any atom is 0.224 e. The fourth-order valence-electron chi connectivity index (χ4n) is 6.66. The number of halogens is 1. The lowest BCUT2D eigenvalue weighted by Crippen LogP contribution is -2.46. The van der Waals surface area contributed by atoms with Gasteiger partial charge < -0.3 is 41.0 Å². The molecule has 3 unspecified atom stereocenters. The lowest BCUT2D eigenvalue weighted by molar-refractivity contribution is -0.253. The van der Waals surface area contributed by atoms with E-state index in [1.54, 1.807) is 24.3 Å². The van der Waals surface area contributed by atoms with Gasteiger partial charge in [0.1, 0.15) is 0 Å². The molecule has 2 fully saturated rings. The highest BCUT2D eigenvalue weighted by atomic mass is 35.5. The van der Waals surface area contributed by atoms with Crippen LogP contribution in [0.25, 0.3) is 0 Å². The third-order valence-electron chi connectivity index (χ3n) is 9.65. The number of nitrogen functional groups attached to an aromatic ring is 1. The molecule has 0 saturated carbocycles. The molecule has 3 atom stereocenters. The number of hydrogen-bond acceptors (Lipinski definition) is 8. The monoisotopic (exact) mass is 712 g/mol. The summed E-state index contributed by atoms with van der Waals surface area (Å²) in [7, 11) is 0. The van der Waals surface area contributed by atoms with Crippen molar-refractivity contribution in [2.24, 2.45) is 0 Å². The van der Waals surface area contributed by atoms with Crippen LogP contribution in [0.1, 0.15) is 73.2 Å². The first-order valence-electron chi connectivity index (χ1n) is 17.4. The standard InChI is InChI=1S/C40H45ClN4O6/c41-31-16-14-30(15-17-31)40(49)20-22-45(23-21-40)25-33-24-36(28-10-8-27(26-46)9-11-28)51-39(50-33)29-12-18-32(19-13-29)43-37(47)6-3-7-38(48)44-35-5-2-1-4-34(35)42/h1-2,4-5,8-19,33,36,39,46,49H,3,6-7,20-26,42H2,(H,43,47)(H,44,48). The lowest BCUT2D eigenvalue weighted by Gasteiger charge is -2.42. The topological polar surface area (TPSA) is 146 Å². The molecule has 268 valence electrons. The van der Waals surface area contributed by atoms with E-state index in [0.717, 1.165) is 35.3 Å². The molecule has 6 N–H and O–H groups in total. The van der Waals surface area contributed by atoms with Crippen molar-refractivity contribution in [3.05, 3.63) is 124 Å². The molecule has 11 heteroatoms. The molecule has 0 spiro atoms. The Balaban J connectivity index is 1.05. The van der Waals surface area contributed by atoms with E-state index >= 15 is 0 Å². The van der Waals surface area contributed by atoms with Gasteiger partial charge in [0.05, 0.1) is 35.8 Å². The number of ether oxygens (including phenoxy) is 2. The summed E-state index contributed by atoms with van der Waals surface area (Å²) in [5.74, 6) is -0.380. The Morgan fingerprint density at radius 1 is 0.843 bits per heavy atom. The van der Waals surface area contributed by atoms with Crippen molar-refractivity contribution in [1.82, 2.24) is 4.90 Å². The Bertz CT molecular complexity index is 1760. The highest BCUT2D eigenvalue weighted by Gasteiger charge is 2.37. The number of rotatable bonds is 12. The van der Waals surface area contributed by atoms with Gasteiger partial charge in [-0.2, -0.15) is 0 Å². The number of likely N-dealkylation sites (tertiary alicyclic amines) is 1. The fourth-order valence-corrected chi connectivity index (χ4v) is 6.78. The van der Waals surface area contributed by atoms with Gasteiger partial charge in [-0.3, -0.25) is 9.59 Å². The normalized spacial score (nSPS) is 20.4. The van der Waals surface area contributed by atoms with Crippen LogP contribution in [-0.2, 0) is 31.3 Å². The zero-order valence-corrected chi connectivity index (χ0v) is 29.2. The number of aliphatic hydroxyl groups excluding tert-OH is 1. The van der Waals surface area contributed by atoms with Crippen molar-refractivity contribution in [2.75, 3.05) is 36.0 Å². The Labute approximate surface area is 303 Å². The molecule has 0 radical (unpaired) electrons. The van der Waals surface area contributed by atoms with Gasteiger partial charge in [-0.05, 0) is 72.4 Å². The number of amides is 2. The summed E-state index contributed by atoms with van der Waals surface area (Å²) in [4.78, 5) is 27.3. The minimum atomic E-state index is -0.889. The largest absolute Gasteiger partial charge is 0.397 e. The van der Waals surface area contributed by atoms with Crippen LogP contribution in [0.2, 0.25) is 5.02 Å². The van der Waals surface area contributed by atoms with Crippen molar-refractivity contribution in [1.29, 1.82) is 0 Å². The SMILES string of the molecule is Nc1ccccc1NC(=O)CCCC(=O)Nc1ccc(C2OC(CN3CCC(O)(c4ccc(Cl)cc4)CC3)CC(c3ccc(CO)cc3)O2)cc1. The van der Waals surface area contributed by atoms with Gasteiger partial charge in [-0.15, -0.1) is 0 Å². The minimum absolute atomic E-state index is 0.0282. The number of aliphatic hydroxyl groups is 2. The number of nitrogens with one attached hydrogen (secondary N) is 2. The summed E-state index contributed by atoms with van der Waals surface area (Å²) >= 11 is 6.07. The quantitative estimate of drug-likeness (QED) is 0.102. The number of hydrogen-bond donors (Lipinski definition) is 5. The van der Waals surface area contributed by atoms with Crippen molar-refractivity contribution in [3.63, 3.8) is 0 Å². The van der Waals surface area contributed by atoms with Crippen molar-refractivity contribution >= 4 is 40.5 Å². The number of nitrogens with two attached hydrogens (primary N) is 1. The van der Waals surface area contributed by atoms with E-state index < -0.39 is 11.9 Å². The molecular weight excluding hydrogens is 668 g/mol. The first-order valence-corrected chi connectivity index (χ1v) is 17.8. The predicted molar refractivity (Wildman–Crippen MR) is 198 cm³/mol. The zero-order chi connectivity index (χ0) is 35.8. The Morgan fingerprint density at radius 3 is 2.16 bits per heavy atom. The van der Waals surface area contributed by atoms with Gasteiger partial charge in [0.15, 0.2) is 6.29 Å². The maximum atomic E-state index is 12.7. The van der Waals surface area contributed by atoms with Gasteiger partial charge in [-0.1, -0.05) is 72.3 Å². The number of carbonyl (C=O) groups excluding carboxylic acids is 2. The Morgan fingerprint density at radius 2 is 1.49 bits per heavy atom. The average Bonchev–Trinajstić information content (AvgIpc) is 3.14. The third-order valence-corrected chi connectivity index (χ3v) is 9.90. The fraction of sp³-hybridized carbons (Fsp3) is 0.350. The van der Waals surface area contributed by atoms with Crippen molar-refractivity contribution < 1.29 is 29.3 Å². The second-order valence-electron chi connectivity index (χ2n) is 13.3. The van der Waals surface area contributed by atoms with Crippen molar-refractivity contribution in [3.8, 4) is 0 Å². The van der Waals surface area contributed by atoms with Crippen LogP contribution in [0.5, 0.6) is 0 Å². The van der Waals surface area contributed by atoms with E-state index in [1.165, 1.54) is 0 Å². The number of anilines is 3. The summed E-state index contributed by atoms with van der Waals surface area (Å²) in [5, 5.41) is 27.3. The van der Waals surface area contributed by atoms with Gasteiger partial charge in [0.2, 0.25) is 11.8 Å². The van der Waals surface area contributed by atoms with E-state index in [-0.39, 0.29) is 43.5 Å². The summed E-state index contributed by atoms with van der Waals surface area (Å²) in [6, 6.07) is 29.7. The van der Waals surface area contributed by atoms with Gasteiger partial charge in [0.25, 0.3) is 0 Å². The Kier molecular flexibility index (Phi) is 12.0. The smallest absolute Gasteiger partial charge is 0.224 e. The van der Waals surface area contributed by atoms with Crippen LogP contribution in [-0.4, -0.2) is 52.7 Å². The van der Waals surface area contributed by atoms with Crippen molar-refractivity contribution in [2.45, 2.75) is 69.2 Å². The predicted octanol–water partition coefficient (Wildman–Crippen LogP) is 6.69. The highest BCUT2D eigenvalue weighted by molar-refractivity contribution is 6.30. The van der Waals surface area contributed by atoms with Crippen LogP contribution in [0.3, 0.4) is 0 Å². The molecule has 2 amide bonds. The summed E-state index contributed by atoms with van der Waals surface area (Å²) < 4.78 is 13.1. The first kappa shape index (κ1) is 36.5. The van der Waals surface area contributed by atoms with Gasteiger partial charge >= 0.3 is 0 Å². The molecule has 4 aromatic rings. The van der Waals surface area contributed by atoms with E-state index in [2.05, 4.69) is 15.5 Å². The van der Waals surface area contributed by atoms with Gasteiger partial charge in [-0.25, -0.2) is 0 Å². The third kappa shape index (κ3) is 9.74. The molecule has 4 aromatic carbocycles. The van der Waals surface area contributed by atoms with Gasteiger partial charge in [0, 0.05) is 55.2 Å². The summed E-state index contributed by atoms with van der Waals surface area (Å²) in [6.07, 6.45) is 1.65. The number of piperidine rings is 1. The summed E-state index contributed by atoms with van der Waals surface area (Å²) in [6.45, 7) is 2.11. The second kappa shape index (κ2) is 16.8. The number of nitrogens with zero attached hydrogens (tertiary/aromatic N) is 1. The average molecular weight is 713 g/mol. The molecule has 2 heterocycles. The van der Waals surface area contributed by atoms with Crippen LogP contribution < -0.4 is 16.4 Å². The van der Waals surface area contributed by atoms with Crippen LogP contribution in [0.15, 0.2) is 97.1 Å².